The molecular formula is C16H23Cl3N2OS. The molecule has 1 aliphatic heterocycles. The second-order valence-corrected chi connectivity index (χ2v) is 7.44. The molecule has 1 aromatic carbocycles. The highest BCUT2D eigenvalue weighted by molar-refractivity contribution is 7.99. The number of piperidine rings is 1. The lowest BCUT2D eigenvalue weighted by Crippen LogP contribution is -2.41. The van der Waals surface area contributed by atoms with E-state index in [0.717, 1.165) is 43.8 Å². The number of carbonyl (C=O) groups is 1. The number of nitrogens with one attached hydrogen (secondary N) is 1. The first-order valence-corrected chi connectivity index (χ1v) is 9.45. The highest BCUT2D eigenvalue weighted by Gasteiger charge is 2.22. The Morgan fingerprint density at radius 1 is 1.35 bits per heavy atom. The number of nitrogens with zero attached hydrogens (tertiary/aromatic N) is 1. The first-order chi connectivity index (χ1) is 10.6. The van der Waals surface area contributed by atoms with Crippen LogP contribution in [0.25, 0.3) is 0 Å². The molecule has 7 heteroatoms. The second kappa shape index (κ2) is 10.7. The Balaban J connectivity index is 0.00000264. The molecule has 1 heterocycles. The van der Waals surface area contributed by atoms with Crippen molar-refractivity contribution in [2.45, 2.75) is 18.6 Å². The monoisotopic (exact) mass is 396 g/mol. The van der Waals surface area contributed by atoms with Crippen molar-refractivity contribution in [3.8, 4) is 0 Å². The van der Waals surface area contributed by atoms with Crippen molar-refractivity contribution in [3.63, 3.8) is 0 Å². The van der Waals surface area contributed by atoms with Crippen LogP contribution < -0.4 is 5.32 Å². The smallest absolute Gasteiger partial charge is 0.232 e. The third-order valence-electron chi connectivity index (χ3n) is 3.96. The number of likely N-dealkylation sites (tertiary alicyclic amines) is 1. The van der Waals surface area contributed by atoms with E-state index < -0.39 is 0 Å². The Hall–Kier alpha value is -0.130. The van der Waals surface area contributed by atoms with Gasteiger partial charge in [-0.15, -0.1) is 24.2 Å². The van der Waals surface area contributed by atoms with Crippen molar-refractivity contribution in [2.24, 2.45) is 5.92 Å². The lowest BCUT2D eigenvalue weighted by molar-refractivity contribution is -0.129. The summed E-state index contributed by atoms with van der Waals surface area (Å²) in [6.45, 7) is 2.81. The maximum Gasteiger partial charge on any atom is 0.232 e. The predicted octanol–water partition coefficient (Wildman–Crippen LogP) is 4.11. The summed E-state index contributed by atoms with van der Waals surface area (Å²) < 4.78 is 0. The molecule has 2 rings (SSSR count). The van der Waals surface area contributed by atoms with Gasteiger partial charge >= 0.3 is 0 Å². The summed E-state index contributed by atoms with van der Waals surface area (Å²) in [6, 6.07) is 5.50. The van der Waals surface area contributed by atoms with Gasteiger partial charge in [0.1, 0.15) is 0 Å². The van der Waals surface area contributed by atoms with Crippen molar-refractivity contribution in [3.05, 3.63) is 33.8 Å². The Morgan fingerprint density at radius 3 is 2.65 bits per heavy atom. The molecule has 0 radical (unpaired) electrons. The molecule has 0 saturated carbocycles. The normalized spacial score (nSPS) is 15.3. The van der Waals surface area contributed by atoms with E-state index in [1.165, 1.54) is 0 Å². The number of benzene rings is 1. The van der Waals surface area contributed by atoms with Crippen LogP contribution in [0.15, 0.2) is 18.2 Å². The lowest BCUT2D eigenvalue weighted by atomic mass is 9.97. The fraction of sp³-hybridized carbons (Fsp3) is 0.562. The zero-order chi connectivity index (χ0) is 15.9. The first-order valence-electron chi connectivity index (χ1n) is 7.54. The molecule has 1 saturated heterocycles. The molecule has 0 spiro atoms. The van der Waals surface area contributed by atoms with Crippen LogP contribution in [0.3, 0.4) is 0 Å². The number of halogens is 3. The summed E-state index contributed by atoms with van der Waals surface area (Å²) in [5.41, 5.74) is 1.02. The maximum atomic E-state index is 12.2. The topological polar surface area (TPSA) is 32.3 Å². The van der Waals surface area contributed by atoms with E-state index in [-0.39, 0.29) is 18.3 Å². The lowest BCUT2D eigenvalue weighted by Gasteiger charge is -2.32. The van der Waals surface area contributed by atoms with E-state index in [0.29, 0.717) is 21.7 Å². The van der Waals surface area contributed by atoms with Gasteiger partial charge in [0.25, 0.3) is 0 Å². The summed E-state index contributed by atoms with van der Waals surface area (Å²) >= 11 is 13.6. The Bertz CT molecular complexity index is 508. The van der Waals surface area contributed by atoms with Crippen molar-refractivity contribution in [2.75, 3.05) is 32.4 Å². The van der Waals surface area contributed by atoms with Gasteiger partial charge in [0.2, 0.25) is 5.91 Å². The molecule has 1 fully saturated rings. The third kappa shape index (κ3) is 6.71. The molecule has 1 aromatic rings. The van der Waals surface area contributed by atoms with Crippen molar-refractivity contribution in [1.29, 1.82) is 0 Å². The van der Waals surface area contributed by atoms with Crippen LogP contribution in [0, 0.1) is 5.92 Å². The summed E-state index contributed by atoms with van der Waals surface area (Å²) in [6.07, 6.45) is 2.19. The molecule has 0 unspecified atom stereocenters. The fourth-order valence-electron chi connectivity index (χ4n) is 2.65. The van der Waals surface area contributed by atoms with Crippen LogP contribution in [0.4, 0.5) is 0 Å². The minimum absolute atomic E-state index is 0. The average Bonchev–Trinajstić information content (AvgIpc) is 2.50. The van der Waals surface area contributed by atoms with Crippen LogP contribution in [0.2, 0.25) is 10.0 Å². The van der Waals surface area contributed by atoms with E-state index in [9.17, 15) is 4.79 Å². The summed E-state index contributed by atoms with van der Waals surface area (Å²) in [5, 5.41) is 4.52. The molecule has 1 aliphatic rings. The van der Waals surface area contributed by atoms with Gasteiger partial charge in [-0.1, -0.05) is 29.3 Å². The number of carbonyl (C=O) groups excluding carboxylic acids is 1. The Labute approximate surface area is 158 Å². The van der Waals surface area contributed by atoms with E-state index in [2.05, 4.69) is 5.32 Å². The van der Waals surface area contributed by atoms with Gasteiger partial charge in [-0.05, 0) is 50.0 Å². The van der Waals surface area contributed by atoms with Gasteiger partial charge in [0, 0.05) is 28.9 Å². The quantitative estimate of drug-likeness (QED) is 0.784. The van der Waals surface area contributed by atoms with E-state index in [4.69, 9.17) is 23.2 Å². The fourth-order valence-corrected chi connectivity index (χ4v) is 4.14. The standard InChI is InChI=1S/C16H22Cl2N2OS.ClH/c1-19-9-12-4-6-20(7-5-12)16(21)11-22-10-13-2-3-14(17)8-15(13)18;/h2-3,8,12,19H,4-7,9-11H2,1H3;1H. The van der Waals surface area contributed by atoms with Gasteiger partial charge < -0.3 is 10.2 Å². The highest BCUT2D eigenvalue weighted by atomic mass is 35.5. The predicted molar refractivity (Wildman–Crippen MR) is 103 cm³/mol. The maximum absolute atomic E-state index is 12.2. The minimum atomic E-state index is 0. The number of amides is 1. The Morgan fingerprint density at radius 2 is 2.04 bits per heavy atom. The summed E-state index contributed by atoms with van der Waals surface area (Å²) in [4.78, 5) is 14.2. The van der Waals surface area contributed by atoms with Crippen LogP contribution in [-0.2, 0) is 10.5 Å². The molecule has 0 aliphatic carbocycles. The largest absolute Gasteiger partial charge is 0.342 e. The molecule has 1 N–H and O–H groups in total. The second-order valence-electron chi connectivity index (χ2n) is 5.61. The highest BCUT2D eigenvalue weighted by Crippen LogP contribution is 2.25. The number of rotatable bonds is 6. The van der Waals surface area contributed by atoms with E-state index in [1.807, 2.05) is 24.1 Å². The molecule has 23 heavy (non-hydrogen) atoms. The SMILES string of the molecule is CNCC1CCN(C(=O)CSCc2ccc(Cl)cc2Cl)CC1.Cl. The number of hydrogen-bond acceptors (Lipinski definition) is 3. The van der Waals surface area contributed by atoms with Crippen molar-refractivity contribution >= 4 is 53.3 Å². The zero-order valence-electron chi connectivity index (χ0n) is 13.2. The molecule has 3 nitrogen and oxygen atoms in total. The average molecular weight is 398 g/mol. The molecular weight excluding hydrogens is 375 g/mol. The Kier molecular flexibility index (Phi) is 9.71. The molecule has 1 amide bonds. The van der Waals surface area contributed by atoms with E-state index >= 15 is 0 Å². The van der Waals surface area contributed by atoms with Gasteiger partial charge in [0.05, 0.1) is 5.75 Å². The van der Waals surface area contributed by atoms with Gasteiger partial charge in [-0.25, -0.2) is 0 Å². The molecule has 130 valence electrons. The zero-order valence-corrected chi connectivity index (χ0v) is 16.3. The van der Waals surface area contributed by atoms with Crippen LogP contribution in [0.5, 0.6) is 0 Å². The first kappa shape index (κ1) is 20.9. The van der Waals surface area contributed by atoms with Gasteiger partial charge in [-0.2, -0.15) is 0 Å². The summed E-state index contributed by atoms with van der Waals surface area (Å²) in [5.74, 6) is 2.18. The third-order valence-corrected chi connectivity index (χ3v) is 5.51. The number of thioether (sulfide) groups is 1. The van der Waals surface area contributed by atoms with Crippen molar-refractivity contribution in [1.82, 2.24) is 10.2 Å². The van der Waals surface area contributed by atoms with Crippen LogP contribution in [0.1, 0.15) is 18.4 Å². The molecule has 0 atom stereocenters. The van der Waals surface area contributed by atoms with Crippen molar-refractivity contribution < 1.29 is 4.79 Å². The van der Waals surface area contributed by atoms with Crippen LogP contribution in [-0.4, -0.2) is 43.2 Å². The minimum Gasteiger partial charge on any atom is -0.342 e. The number of hydrogen-bond donors (Lipinski definition) is 1. The van der Waals surface area contributed by atoms with Gasteiger partial charge in [-0.3, -0.25) is 4.79 Å². The van der Waals surface area contributed by atoms with Crippen LogP contribution >= 0.6 is 47.4 Å². The molecule has 0 aromatic heterocycles. The summed E-state index contributed by atoms with van der Waals surface area (Å²) in [7, 11) is 1.98. The molecule has 0 bridgehead atoms. The van der Waals surface area contributed by atoms with Gasteiger partial charge in [0.15, 0.2) is 0 Å². The van der Waals surface area contributed by atoms with E-state index in [1.54, 1.807) is 17.8 Å².